The third-order valence-corrected chi connectivity index (χ3v) is 12.8. The van der Waals surface area contributed by atoms with Crippen molar-refractivity contribution in [2.24, 2.45) is 4.99 Å². The zero-order valence-corrected chi connectivity index (χ0v) is 34.5. The maximum Gasteiger partial charge on any atom is 0.416 e. The average Bonchev–Trinajstić information content (AvgIpc) is 3.57. The van der Waals surface area contributed by atoms with Gasteiger partial charge in [-0.25, -0.2) is 14.6 Å². The Labute approximate surface area is 343 Å². The van der Waals surface area contributed by atoms with E-state index in [2.05, 4.69) is 29.8 Å². The number of alkyl halides is 3. The number of thiophene rings is 1. The first-order valence-electron chi connectivity index (χ1n) is 18.6. The molecule has 1 atom stereocenters. The number of anilines is 1. The van der Waals surface area contributed by atoms with Crippen molar-refractivity contribution in [3.05, 3.63) is 111 Å². The number of nitrogens with zero attached hydrogens (tertiary/aromatic N) is 5. The Bertz CT molecular complexity index is 1970. The van der Waals surface area contributed by atoms with E-state index in [9.17, 15) is 22.8 Å². The summed E-state index contributed by atoms with van der Waals surface area (Å²) in [5.74, 6) is 2.34. The molecule has 16 heteroatoms. The van der Waals surface area contributed by atoms with Gasteiger partial charge in [-0.2, -0.15) is 13.2 Å². The molecule has 6 rings (SSSR count). The number of benzene rings is 3. The van der Waals surface area contributed by atoms with E-state index in [-0.39, 0.29) is 13.2 Å². The number of carbonyl (C=O) groups excluding carboxylic acids is 2. The van der Waals surface area contributed by atoms with Crippen LogP contribution < -0.4 is 9.64 Å². The topological polar surface area (TPSA) is 87.1 Å². The highest BCUT2D eigenvalue weighted by Gasteiger charge is 2.31. The van der Waals surface area contributed by atoms with Gasteiger partial charge in [0.2, 0.25) is 0 Å². The molecular formula is C41H46F3N5O5S3. The number of aliphatic imine (C=N–C) groups is 1. The van der Waals surface area contributed by atoms with Crippen LogP contribution >= 0.6 is 32.9 Å². The second-order valence-electron chi connectivity index (χ2n) is 13.6. The monoisotopic (exact) mass is 841 g/mol. The maximum atomic E-state index is 13.6. The van der Waals surface area contributed by atoms with E-state index in [1.54, 1.807) is 23.3 Å². The Hall–Kier alpha value is -4.38. The highest BCUT2D eigenvalue weighted by molar-refractivity contribution is 8.76. The van der Waals surface area contributed by atoms with E-state index >= 15 is 0 Å². The molecule has 0 spiro atoms. The van der Waals surface area contributed by atoms with Gasteiger partial charge in [-0.15, -0.1) is 11.3 Å². The number of ether oxygens (including phenoxy) is 3. The van der Waals surface area contributed by atoms with Crippen molar-refractivity contribution in [2.45, 2.75) is 32.2 Å². The first kappa shape index (κ1) is 42.2. The average molecular weight is 842 g/mol. The summed E-state index contributed by atoms with van der Waals surface area (Å²) >= 11 is 1.68. The Morgan fingerprint density at radius 3 is 2.28 bits per heavy atom. The quantitative estimate of drug-likeness (QED) is 0.0966. The molecule has 0 aliphatic carbocycles. The molecule has 2 aliphatic heterocycles. The number of para-hydroxylation sites is 2. The number of amidine groups is 1. The van der Waals surface area contributed by atoms with E-state index in [0.29, 0.717) is 42.5 Å². The molecule has 1 fully saturated rings. The number of likely N-dealkylation sites (N-methyl/N-ethyl adjacent to an activating group) is 1. The highest BCUT2D eigenvalue weighted by atomic mass is 33.1. The molecule has 1 aromatic heterocycles. The molecule has 0 radical (unpaired) electrons. The largest absolute Gasteiger partial charge is 0.486 e. The molecule has 1 saturated heterocycles. The number of piperazine rings is 1. The third kappa shape index (κ3) is 11.6. The zero-order valence-electron chi connectivity index (χ0n) is 32.1. The van der Waals surface area contributed by atoms with Gasteiger partial charge < -0.3 is 28.9 Å². The zero-order chi connectivity index (χ0) is 40.4. The number of aryl methyl sites for hydroxylation is 1. The van der Waals surface area contributed by atoms with Gasteiger partial charge in [0.25, 0.3) is 0 Å². The lowest BCUT2D eigenvalue weighted by atomic mass is 10.1. The van der Waals surface area contributed by atoms with Crippen LogP contribution in [0.25, 0.3) is 0 Å². The van der Waals surface area contributed by atoms with Crippen LogP contribution in [-0.4, -0.2) is 104 Å². The summed E-state index contributed by atoms with van der Waals surface area (Å²) in [5.41, 5.74) is 2.58. The molecule has 10 nitrogen and oxygen atoms in total. The predicted octanol–water partition coefficient (Wildman–Crippen LogP) is 9.52. The summed E-state index contributed by atoms with van der Waals surface area (Å²) < 4.78 is 56.4. The molecule has 3 aromatic carbocycles. The molecule has 57 heavy (non-hydrogen) atoms. The van der Waals surface area contributed by atoms with Crippen molar-refractivity contribution in [3.63, 3.8) is 0 Å². The second-order valence-corrected chi connectivity index (χ2v) is 17.7. The molecule has 304 valence electrons. The van der Waals surface area contributed by atoms with Crippen LogP contribution in [-0.2, 0) is 22.2 Å². The van der Waals surface area contributed by atoms with Gasteiger partial charge in [0.15, 0.2) is 0 Å². The van der Waals surface area contributed by atoms with Gasteiger partial charge in [-0.05, 0) is 62.0 Å². The van der Waals surface area contributed by atoms with Crippen LogP contribution in [0.15, 0.2) is 89.9 Å². The van der Waals surface area contributed by atoms with Gasteiger partial charge in [-0.1, -0.05) is 64.1 Å². The lowest BCUT2D eigenvalue weighted by molar-refractivity contribution is -0.137. The minimum Gasteiger partial charge on any atom is -0.486 e. The number of halogens is 3. The fourth-order valence-corrected chi connectivity index (χ4v) is 9.04. The lowest BCUT2D eigenvalue weighted by Gasteiger charge is -2.36. The number of carbonyl (C=O) groups is 2. The van der Waals surface area contributed by atoms with E-state index < -0.39 is 30.0 Å². The van der Waals surface area contributed by atoms with Gasteiger partial charge in [0, 0.05) is 73.0 Å². The summed E-state index contributed by atoms with van der Waals surface area (Å²) in [5, 5.41) is 0. The fourth-order valence-electron chi connectivity index (χ4n) is 6.36. The van der Waals surface area contributed by atoms with Crippen LogP contribution in [0.4, 0.5) is 34.1 Å². The minimum atomic E-state index is -4.44. The van der Waals surface area contributed by atoms with Crippen molar-refractivity contribution >= 4 is 62.3 Å². The lowest BCUT2D eigenvalue weighted by Crippen LogP contribution is -2.47. The van der Waals surface area contributed by atoms with Crippen LogP contribution in [0.2, 0.25) is 0 Å². The normalized spacial score (nSPS) is 15.1. The van der Waals surface area contributed by atoms with Crippen molar-refractivity contribution < 1.29 is 37.0 Å². The Morgan fingerprint density at radius 2 is 1.58 bits per heavy atom. The van der Waals surface area contributed by atoms with Crippen molar-refractivity contribution in [2.75, 3.05) is 76.4 Å². The Kier molecular flexibility index (Phi) is 14.7. The second kappa shape index (κ2) is 19.9. The van der Waals surface area contributed by atoms with Crippen molar-refractivity contribution in [3.8, 4) is 5.75 Å². The molecule has 2 amide bonds. The summed E-state index contributed by atoms with van der Waals surface area (Å²) in [6.07, 6.45) is -5.46. The molecule has 0 saturated carbocycles. The number of hydrogen-bond acceptors (Lipinski definition) is 11. The van der Waals surface area contributed by atoms with E-state index in [4.69, 9.17) is 19.2 Å². The molecule has 1 unspecified atom stereocenters. The Morgan fingerprint density at radius 1 is 0.912 bits per heavy atom. The summed E-state index contributed by atoms with van der Waals surface area (Å²) in [6.45, 7) is 6.86. The SMILES string of the molecule is Cc1cc2c(s1)CN(C(=O)OCCSSCCOC(=O)N(C)CCC(Oc1ccc(C(F)(F)F)cc1)c1ccccc1)c1ccccc1N=C2N1CCN(C)CC1. The first-order valence-corrected chi connectivity index (χ1v) is 21.9. The van der Waals surface area contributed by atoms with Crippen molar-refractivity contribution in [1.82, 2.24) is 14.7 Å². The first-order chi connectivity index (χ1) is 27.5. The van der Waals surface area contributed by atoms with Gasteiger partial charge in [0.05, 0.1) is 23.5 Å². The van der Waals surface area contributed by atoms with Crippen LogP contribution in [0.5, 0.6) is 5.75 Å². The van der Waals surface area contributed by atoms with Gasteiger partial charge >= 0.3 is 18.4 Å². The third-order valence-electron chi connectivity index (χ3n) is 9.43. The minimum absolute atomic E-state index is 0.189. The summed E-state index contributed by atoms with van der Waals surface area (Å²) in [6, 6.07) is 23.8. The number of hydrogen-bond donors (Lipinski definition) is 0. The van der Waals surface area contributed by atoms with E-state index in [1.165, 1.54) is 38.6 Å². The number of rotatable bonds is 13. The number of fused-ring (bicyclic) bond motifs is 2. The fraction of sp³-hybridized carbons (Fsp3) is 0.390. The van der Waals surface area contributed by atoms with E-state index in [0.717, 1.165) is 70.7 Å². The molecule has 2 aliphatic rings. The van der Waals surface area contributed by atoms with E-state index in [1.807, 2.05) is 54.6 Å². The highest BCUT2D eigenvalue weighted by Crippen LogP contribution is 2.37. The Balaban J connectivity index is 0.932. The summed E-state index contributed by atoms with van der Waals surface area (Å²) in [4.78, 5) is 41.5. The molecule has 3 heterocycles. The van der Waals surface area contributed by atoms with Crippen molar-refractivity contribution in [1.29, 1.82) is 0 Å². The van der Waals surface area contributed by atoms with Gasteiger partial charge in [0.1, 0.15) is 30.9 Å². The van der Waals surface area contributed by atoms with Gasteiger partial charge in [-0.3, -0.25) is 4.90 Å². The van der Waals surface area contributed by atoms with Crippen LogP contribution in [0, 0.1) is 6.92 Å². The maximum absolute atomic E-state index is 13.6. The van der Waals surface area contributed by atoms with Crippen LogP contribution in [0.3, 0.4) is 0 Å². The standard InChI is InChI=1S/C41H46F3N5O5S3/c1-29-27-33-37(57-29)28-49(35-12-8-7-11-34(35)45-38(33)48-21-19-46(2)20-22-48)40(51)53-24-26-56-55-25-23-52-39(50)47(3)18-17-36(30-9-5-4-6-10-30)54-32-15-13-31(14-16-32)41(42,43)44/h4-16,27,36H,17-26,28H2,1-3H3. The smallest absolute Gasteiger partial charge is 0.416 e. The molecular weight excluding hydrogens is 796 g/mol. The number of amides is 2. The predicted molar refractivity (Wildman–Crippen MR) is 223 cm³/mol. The van der Waals surface area contributed by atoms with Crippen LogP contribution in [0.1, 0.15) is 39.0 Å². The molecule has 0 N–H and O–H groups in total. The molecule has 0 bridgehead atoms. The summed E-state index contributed by atoms with van der Waals surface area (Å²) in [7, 11) is 6.80. The molecule has 4 aromatic rings.